The average molecular weight is 422 g/mol. The molecular formula is C23H20ClN3OS. The van der Waals surface area contributed by atoms with Crippen LogP contribution in [0.2, 0.25) is 5.02 Å². The van der Waals surface area contributed by atoms with E-state index in [-0.39, 0.29) is 0 Å². The largest absolute Gasteiger partial charge is 0.495 e. The normalized spacial score (nSPS) is 10.8. The van der Waals surface area contributed by atoms with Crippen molar-refractivity contribution in [3.05, 3.63) is 101 Å². The molecule has 0 aliphatic carbocycles. The third-order valence-corrected chi connectivity index (χ3v) is 5.76. The zero-order valence-electron chi connectivity index (χ0n) is 16.0. The van der Waals surface area contributed by atoms with Gasteiger partial charge in [-0.1, -0.05) is 78.0 Å². The molecule has 0 amide bonds. The Morgan fingerprint density at radius 3 is 2.34 bits per heavy atom. The fourth-order valence-electron chi connectivity index (χ4n) is 3.07. The molecule has 3 aromatic carbocycles. The van der Waals surface area contributed by atoms with Crippen molar-refractivity contribution in [2.45, 2.75) is 17.3 Å². The summed E-state index contributed by atoms with van der Waals surface area (Å²) in [7, 11) is 1.68. The van der Waals surface area contributed by atoms with Crippen molar-refractivity contribution in [2.24, 2.45) is 0 Å². The van der Waals surface area contributed by atoms with E-state index in [2.05, 4.69) is 26.9 Å². The molecule has 29 heavy (non-hydrogen) atoms. The van der Waals surface area contributed by atoms with Crippen LogP contribution in [0.15, 0.2) is 84.0 Å². The third kappa shape index (κ3) is 4.63. The van der Waals surface area contributed by atoms with E-state index < -0.39 is 0 Å². The molecule has 0 saturated heterocycles. The number of hydrogen-bond donors (Lipinski definition) is 0. The number of hydrogen-bond acceptors (Lipinski definition) is 4. The number of rotatable bonds is 7. The minimum atomic E-state index is 0.688. The van der Waals surface area contributed by atoms with Crippen LogP contribution in [0.5, 0.6) is 5.75 Å². The first kappa shape index (κ1) is 19.6. The van der Waals surface area contributed by atoms with Crippen molar-refractivity contribution in [3.63, 3.8) is 0 Å². The van der Waals surface area contributed by atoms with Crippen molar-refractivity contribution in [1.82, 2.24) is 14.8 Å². The number of methoxy groups -OCH3 is 1. The quantitative estimate of drug-likeness (QED) is 0.353. The van der Waals surface area contributed by atoms with Gasteiger partial charge in [-0.15, -0.1) is 10.2 Å². The number of nitrogens with zero attached hydrogens (tertiary/aromatic N) is 3. The van der Waals surface area contributed by atoms with Crippen LogP contribution in [0.4, 0.5) is 0 Å². The Bertz CT molecular complexity index is 1080. The van der Waals surface area contributed by atoms with Crippen LogP contribution in [0, 0.1) is 0 Å². The zero-order chi connectivity index (χ0) is 20.1. The van der Waals surface area contributed by atoms with Gasteiger partial charge >= 0.3 is 0 Å². The van der Waals surface area contributed by atoms with Crippen LogP contribution in [0.25, 0.3) is 5.69 Å². The van der Waals surface area contributed by atoms with Crippen molar-refractivity contribution in [1.29, 1.82) is 0 Å². The summed E-state index contributed by atoms with van der Waals surface area (Å²) in [6, 6.07) is 26.1. The maximum Gasteiger partial charge on any atom is 0.196 e. The van der Waals surface area contributed by atoms with E-state index in [1.807, 2.05) is 66.7 Å². The van der Waals surface area contributed by atoms with Crippen molar-refractivity contribution >= 4 is 23.4 Å². The van der Waals surface area contributed by atoms with Gasteiger partial charge in [-0.3, -0.25) is 4.57 Å². The van der Waals surface area contributed by atoms with E-state index in [4.69, 9.17) is 16.3 Å². The number of benzene rings is 3. The molecule has 0 aliphatic heterocycles. The topological polar surface area (TPSA) is 39.9 Å². The monoisotopic (exact) mass is 421 g/mol. The maximum absolute atomic E-state index is 6.00. The number of halogens is 1. The predicted octanol–water partition coefficient (Wildman–Crippen LogP) is 5.81. The zero-order valence-corrected chi connectivity index (χ0v) is 17.5. The van der Waals surface area contributed by atoms with Crippen LogP contribution < -0.4 is 4.74 Å². The lowest BCUT2D eigenvalue weighted by Gasteiger charge is -2.14. The Morgan fingerprint density at radius 1 is 0.862 bits per heavy atom. The third-order valence-electron chi connectivity index (χ3n) is 4.51. The Hall–Kier alpha value is -2.76. The molecule has 0 unspecified atom stereocenters. The summed E-state index contributed by atoms with van der Waals surface area (Å²) in [6.45, 7) is 0. The van der Waals surface area contributed by atoms with Gasteiger partial charge in [0.1, 0.15) is 11.6 Å². The minimum Gasteiger partial charge on any atom is -0.495 e. The molecule has 0 aliphatic rings. The van der Waals surface area contributed by atoms with Gasteiger partial charge in [0.25, 0.3) is 0 Å². The molecule has 4 nitrogen and oxygen atoms in total. The fraction of sp³-hybridized carbons (Fsp3) is 0.130. The molecule has 0 bridgehead atoms. The van der Waals surface area contributed by atoms with Crippen molar-refractivity contribution < 1.29 is 4.74 Å². The molecule has 0 radical (unpaired) electrons. The number of aromatic nitrogens is 3. The van der Waals surface area contributed by atoms with Crippen molar-refractivity contribution in [2.75, 3.05) is 7.11 Å². The van der Waals surface area contributed by atoms with Crippen LogP contribution in [-0.4, -0.2) is 21.9 Å². The average Bonchev–Trinajstić information content (AvgIpc) is 3.16. The molecule has 0 spiro atoms. The van der Waals surface area contributed by atoms with Gasteiger partial charge in [0, 0.05) is 17.2 Å². The van der Waals surface area contributed by atoms with E-state index >= 15 is 0 Å². The first-order valence-electron chi connectivity index (χ1n) is 9.23. The van der Waals surface area contributed by atoms with Gasteiger partial charge in [0.05, 0.1) is 12.8 Å². The second kappa shape index (κ2) is 9.16. The molecule has 0 N–H and O–H groups in total. The summed E-state index contributed by atoms with van der Waals surface area (Å²) < 4.78 is 7.69. The van der Waals surface area contributed by atoms with Gasteiger partial charge in [-0.25, -0.2) is 0 Å². The Kier molecular flexibility index (Phi) is 6.17. The summed E-state index contributed by atoms with van der Waals surface area (Å²) in [4.78, 5) is 0. The second-order valence-electron chi connectivity index (χ2n) is 6.48. The summed E-state index contributed by atoms with van der Waals surface area (Å²) in [6.07, 6.45) is 0.688. The van der Waals surface area contributed by atoms with Crippen molar-refractivity contribution in [3.8, 4) is 11.4 Å². The maximum atomic E-state index is 6.00. The minimum absolute atomic E-state index is 0.688. The summed E-state index contributed by atoms with van der Waals surface area (Å²) in [5.74, 6) is 2.43. The van der Waals surface area contributed by atoms with E-state index in [1.54, 1.807) is 18.9 Å². The highest BCUT2D eigenvalue weighted by Gasteiger charge is 2.18. The van der Waals surface area contributed by atoms with E-state index in [0.717, 1.165) is 33.2 Å². The van der Waals surface area contributed by atoms with Gasteiger partial charge in [-0.05, 0) is 35.4 Å². The lowest BCUT2D eigenvalue weighted by atomic mass is 10.1. The summed E-state index contributed by atoms with van der Waals surface area (Å²) in [5.41, 5.74) is 3.30. The lowest BCUT2D eigenvalue weighted by Crippen LogP contribution is -2.05. The predicted molar refractivity (Wildman–Crippen MR) is 118 cm³/mol. The molecule has 1 heterocycles. The lowest BCUT2D eigenvalue weighted by molar-refractivity contribution is 0.411. The highest BCUT2D eigenvalue weighted by atomic mass is 35.5. The van der Waals surface area contributed by atoms with E-state index in [9.17, 15) is 0 Å². The number of para-hydroxylation sites is 2. The smallest absolute Gasteiger partial charge is 0.196 e. The summed E-state index contributed by atoms with van der Waals surface area (Å²) in [5, 5.41) is 10.6. The van der Waals surface area contributed by atoms with Gasteiger partial charge in [0.15, 0.2) is 5.16 Å². The summed E-state index contributed by atoms with van der Waals surface area (Å²) >= 11 is 7.64. The van der Waals surface area contributed by atoms with Gasteiger partial charge in [-0.2, -0.15) is 0 Å². The SMILES string of the molecule is COc1ccccc1-n1c(Cc2ccccc2)nnc1SCc1ccc(Cl)cc1. The molecule has 1 aromatic heterocycles. The van der Waals surface area contributed by atoms with E-state index in [1.165, 1.54) is 11.1 Å². The number of ether oxygens (including phenoxy) is 1. The molecule has 4 rings (SSSR count). The van der Waals surface area contributed by atoms with Crippen LogP contribution >= 0.6 is 23.4 Å². The van der Waals surface area contributed by atoms with Gasteiger partial charge < -0.3 is 4.74 Å². The van der Waals surface area contributed by atoms with E-state index in [0.29, 0.717) is 6.42 Å². The molecular weight excluding hydrogens is 402 g/mol. The molecule has 146 valence electrons. The second-order valence-corrected chi connectivity index (χ2v) is 7.86. The molecule has 0 fully saturated rings. The van der Waals surface area contributed by atoms with Crippen LogP contribution in [-0.2, 0) is 12.2 Å². The van der Waals surface area contributed by atoms with Gasteiger partial charge in [0.2, 0.25) is 0 Å². The molecule has 0 saturated carbocycles. The molecule has 6 heteroatoms. The Morgan fingerprint density at radius 2 is 1.59 bits per heavy atom. The Labute approximate surface area is 179 Å². The standard InChI is InChI=1S/C23H20ClN3OS/c1-28-21-10-6-5-9-20(21)27-22(15-17-7-3-2-4-8-17)25-26-23(27)29-16-18-11-13-19(24)14-12-18/h2-14H,15-16H2,1H3. The number of thioether (sulfide) groups is 1. The fourth-order valence-corrected chi connectivity index (χ4v) is 4.12. The first-order valence-corrected chi connectivity index (χ1v) is 10.6. The van der Waals surface area contributed by atoms with Crippen LogP contribution in [0.1, 0.15) is 17.0 Å². The molecule has 0 atom stereocenters. The first-order chi connectivity index (χ1) is 14.2. The highest BCUT2D eigenvalue weighted by Crippen LogP contribution is 2.31. The Balaban J connectivity index is 1.69. The van der Waals surface area contributed by atoms with Crippen LogP contribution in [0.3, 0.4) is 0 Å². The molecule has 4 aromatic rings. The highest BCUT2D eigenvalue weighted by molar-refractivity contribution is 7.98.